The number of hydrogen-bond donors (Lipinski definition) is 0. The Bertz CT molecular complexity index is 324. The summed E-state index contributed by atoms with van der Waals surface area (Å²) in [6, 6.07) is 0. The fourth-order valence-electron chi connectivity index (χ4n) is 3.94. The summed E-state index contributed by atoms with van der Waals surface area (Å²) in [4.78, 5) is 2.51. The minimum Gasteiger partial charge on any atom is -0.349 e. The summed E-state index contributed by atoms with van der Waals surface area (Å²) < 4.78 is 18.2. The van der Waals surface area contributed by atoms with Gasteiger partial charge in [-0.25, -0.2) is 0 Å². The largest absolute Gasteiger partial charge is 0.349 e. The first kappa shape index (κ1) is 20.2. The van der Waals surface area contributed by atoms with Gasteiger partial charge in [-0.15, -0.1) is 0 Å². The summed E-state index contributed by atoms with van der Waals surface area (Å²) in [5.41, 5.74) is 0. The molecule has 2 aliphatic heterocycles. The Hall–Kier alpha value is -0.160. The number of nitrogens with zero attached hydrogens (tertiary/aromatic N) is 1. The Labute approximate surface area is 149 Å². The van der Waals surface area contributed by atoms with E-state index < -0.39 is 0 Å². The van der Waals surface area contributed by atoms with Crippen LogP contribution in [-0.2, 0) is 14.2 Å². The minimum atomic E-state index is -0.166. The molecule has 4 heteroatoms. The Kier molecular flexibility index (Phi) is 9.62. The lowest BCUT2D eigenvalue weighted by Crippen LogP contribution is -2.41. The van der Waals surface area contributed by atoms with Crippen LogP contribution in [0.25, 0.3) is 0 Å². The average Bonchev–Trinajstić information content (AvgIpc) is 2.99. The van der Waals surface area contributed by atoms with Gasteiger partial charge in [0, 0.05) is 13.0 Å². The highest BCUT2D eigenvalue weighted by Crippen LogP contribution is 2.26. The van der Waals surface area contributed by atoms with Gasteiger partial charge < -0.3 is 19.1 Å². The molecule has 0 aliphatic carbocycles. The van der Waals surface area contributed by atoms with Gasteiger partial charge in [0.15, 0.2) is 12.6 Å². The highest BCUT2D eigenvalue weighted by atomic mass is 16.8. The number of ether oxygens (including phenoxy) is 3. The van der Waals surface area contributed by atoms with Gasteiger partial charge in [-0.05, 0) is 52.1 Å². The molecule has 0 spiro atoms. The molecule has 142 valence electrons. The highest BCUT2D eigenvalue weighted by Gasteiger charge is 2.28. The second kappa shape index (κ2) is 11.5. The van der Waals surface area contributed by atoms with Crippen molar-refractivity contribution in [1.29, 1.82) is 0 Å². The molecular formula is C20H39NO3. The van der Waals surface area contributed by atoms with Gasteiger partial charge >= 0.3 is 0 Å². The zero-order valence-electron chi connectivity index (χ0n) is 16.2. The number of hydrogen-bond acceptors (Lipinski definition) is 4. The second-order valence-corrected chi connectivity index (χ2v) is 7.52. The number of unbranched alkanes of at least 4 members (excludes halogenated alkanes) is 3. The molecule has 4 atom stereocenters. The van der Waals surface area contributed by atoms with Gasteiger partial charge in [0.05, 0.1) is 12.2 Å². The summed E-state index contributed by atoms with van der Waals surface area (Å²) in [6.45, 7) is 9.97. The lowest BCUT2D eigenvalue weighted by atomic mass is 10.1. The van der Waals surface area contributed by atoms with E-state index in [9.17, 15) is 0 Å². The molecule has 4 unspecified atom stereocenters. The molecule has 2 heterocycles. The monoisotopic (exact) mass is 341 g/mol. The average molecular weight is 342 g/mol. The third-order valence-electron chi connectivity index (χ3n) is 5.18. The maximum absolute atomic E-state index is 6.13. The van der Waals surface area contributed by atoms with Crippen LogP contribution in [0.4, 0.5) is 0 Å². The van der Waals surface area contributed by atoms with E-state index in [2.05, 4.69) is 18.7 Å². The summed E-state index contributed by atoms with van der Waals surface area (Å²) >= 11 is 0. The van der Waals surface area contributed by atoms with Crippen molar-refractivity contribution in [3.8, 4) is 0 Å². The summed E-state index contributed by atoms with van der Waals surface area (Å²) in [7, 11) is 0. The molecule has 2 aliphatic rings. The van der Waals surface area contributed by atoms with E-state index in [4.69, 9.17) is 14.2 Å². The van der Waals surface area contributed by atoms with E-state index in [1.165, 1.54) is 58.0 Å². The molecule has 0 radical (unpaired) electrons. The molecule has 0 amide bonds. The van der Waals surface area contributed by atoms with Gasteiger partial charge in [-0.3, -0.25) is 0 Å². The molecule has 0 bridgehead atoms. The van der Waals surface area contributed by atoms with Crippen molar-refractivity contribution in [1.82, 2.24) is 4.90 Å². The summed E-state index contributed by atoms with van der Waals surface area (Å²) in [6.07, 6.45) is 12.7. The standard InChI is InChI=1S/C20H39NO3/c1-4-6-7-8-10-18-12-13-20(24-18)23-17(3)22-19-11-9-15-21(16-19)14-5-2/h17-20H,4-16H2,1-3H3. The van der Waals surface area contributed by atoms with Crippen molar-refractivity contribution >= 4 is 0 Å². The highest BCUT2D eigenvalue weighted by molar-refractivity contribution is 4.73. The molecule has 2 rings (SSSR count). The molecule has 0 N–H and O–H groups in total. The Balaban J connectivity index is 1.59. The maximum atomic E-state index is 6.13. The molecule has 0 saturated carbocycles. The van der Waals surface area contributed by atoms with Crippen LogP contribution in [0, 0.1) is 0 Å². The van der Waals surface area contributed by atoms with E-state index in [1.54, 1.807) is 0 Å². The van der Waals surface area contributed by atoms with Crippen molar-refractivity contribution in [2.24, 2.45) is 0 Å². The van der Waals surface area contributed by atoms with Crippen molar-refractivity contribution in [3.63, 3.8) is 0 Å². The van der Waals surface area contributed by atoms with Crippen LogP contribution in [0.1, 0.15) is 85.0 Å². The van der Waals surface area contributed by atoms with Crippen molar-refractivity contribution in [2.75, 3.05) is 19.6 Å². The number of piperidine rings is 1. The smallest absolute Gasteiger partial charge is 0.161 e. The molecule has 0 aromatic carbocycles. The molecular weight excluding hydrogens is 302 g/mol. The fraction of sp³-hybridized carbons (Fsp3) is 1.00. The van der Waals surface area contributed by atoms with Gasteiger partial charge in [0.2, 0.25) is 0 Å². The zero-order chi connectivity index (χ0) is 17.2. The fourth-order valence-corrected chi connectivity index (χ4v) is 3.94. The molecule has 2 saturated heterocycles. The first-order valence-electron chi connectivity index (χ1n) is 10.4. The summed E-state index contributed by atoms with van der Waals surface area (Å²) in [5.74, 6) is 0. The molecule has 24 heavy (non-hydrogen) atoms. The Morgan fingerprint density at radius 3 is 2.71 bits per heavy atom. The number of rotatable bonds is 11. The van der Waals surface area contributed by atoms with E-state index >= 15 is 0 Å². The van der Waals surface area contributed by atoms with Crippen LogP contribution >= 0.6 is 0 Å². The van der Waals surface area contributed by atoms with Gasteiger partial charge in [-0.2, -0.15) is 0 Å². The normalized spacial score (nSPS) is 29.9. The zero-order valence-corrected chi connectivity index (χ0v) is 16.2. The van der Waals surface area contributed by atoms with Crippen LogP contribution in [0.15, 0.2) is 0 Å². The lowest BCUT2D eigenvalue weighted by Gasteiger charge is -2.34. The van der Waals surface area contributed by atoms with Crippen molar-refractivity contribution < 1.29 is 14.2 Å². The Morgan fingerprint density at radius 2 is 1.92 bits per heavy atom. The lowest BCUT2D eigenvalue weighted by molar-refractivity contribution is -0.249. The SMILES string of the molecule is CCCCCCC1CCC(OC(C)OC2CCCN(CCC)C2)O1. The van der Waals surface area contributed by atoms with Gasteiger partial charge in [0.1, 0.15) is 0 Å². The second-order valence-electron chi connectivity index (χ2n) is 7.52. The third kappa shape index (κ3) is 7.38. The molecule has 0 aromatic heterocycles. The van der Waals surface area contributed by atoms with Crippen molar-refractivity contribution in [2.45, 2.75) is 110 Å². The first-order valence-corrected chi connectivity index (χ1v) is 10.4. The maximum Gasteiger partial charge on any atom is 0.161 e. The van der Waals surface area contributed by atoms with E-state index in [0.29, 0.717) is 12.2 Å². The molecule has 0 aromatic rings. The summed E-state index contributed by atoms with van der Waals surface area (Å²) in [5, 5.41) is 0. The predicted molar refractivity (Wildman–Crippen MR) is 98.0 cm³/mol. The van der Waals surface area contributed by atoms with E-state index in [0.717, 1.165) is 25.8 Å². The van der Waals surface area contributed by atoms with Crippen LogP contribution in [0.5, 0.6) is 0 Å². The third-order valence-corrected chi connectivity index (χ3v) is 5.18. The van der Waals surface area contributed by atoms with Crippen LogP contribution < -0.4 is 0 Å². The van der Waals surface area contributed by atoms with Crippen LogP contribution in [-0.4, -0.2) is 49.3 Å². The van der Waals surface area contributed by atoms with Gasteiger partial charge in [-0.1, -0.05) is 39.5 Å². The quantitative estimate of drug-likeness (QED) is 0.402. The van der Waals surface area contributed by atoms with Crippen LogP contribution in [0.2, 0.25) is 0 Å². The Morgan fingerprint density at radius 1 is 1.04 bits per heavy atom. The van der Waals surface area contributed by atoms with E-state index in [1.807, 2.05) is 6.92 Å². The predicted octanol–water partition coefficient (Wildman–Crippen LogP) is 4.72. The van der Waals surface area contributed by atoms with E-state index in [-0.39, 0.29) is 12.6 Å². The minimum absolute atomic E-state index is 0.0634. The topological polar surface area (TPSA) is 30.9 Å². The van der Waals surface area contributed by atoms with Crippen molar-refractivity contribution in [3.05, 3.63) is 0 Å². The first-order chi connectivity index (χ1) is 11.7. The number of likely N-dealkylation sites (tertiary alicyclic amines) is 1. The molecule has 4 nitrogen and oxygen atoms in total. The van der Waals surface area contributed by atoms with Gasteiger partial charge in [0.25, 0.3) is 0 Å². The molecule has 2 fully saturated rings. The van der Waals surface area contributed by atoms with Crippen LogP contribution in [0.3, 0.4) is 0 Å².